The van der Waals surface area contributed by atoms with Crippen molar-refractivity contribution in [1.29, 1.82) is 0 Å². The Morgan fingerprint density at radius 2 is 2.00 bits per heavy atom. The highest BCUT2D eigenvalue weighted by atomic mass is 16.4. The fraction of sp³-hybridized carbons (Fsp3) is 0.500. The Labute approximate surface area is 94.2 Å². The molecular formula is C12H15NO3. The second-order valence-electron chi connectivity index (χ2n) is 4.28. The van der Waals surface area contributed by atoms with Crippen molar-refractivity contribution in [2.75, 3.05) is 13.1 Å². The van der Waals surface area contributed by atoms with E-state index in [1.807, 2.05) is 0 Å². The SMILES string of the molecule is CC1=C(C(=O)O)C=CC(=O)C1N1CCCC1. The van der Waals surface area contributed by atoms with Gasteiger partial charge in [-0.2, -0.15) is 0 Å². The van der Waals surface area contributed by atoms with Crippen LogP contribution in [0.2, 0.25) is 0 Å². The number of likely N-dealkylation sites (tertiary alicyclic amines) is 1. The highest BCUT2D eigenvalue weighted by Crippen LogP contribution is 2.24. The van der Waals surface area contributed by atoms with Crippen molar-refractivity contribution in [2.24, 2.45) is 0 Å². The predicted octanol–water partition coefficient (Wildman–Crippen LogP) is 0.991. The molecule has 0 saturated carbocycles. The number of carboxylic acid groups (broad SMARTS) is 1. The molecule has 4 nitrogen and oxygen atoms in total. The fourth-order valence-corrected chi connectivity index (χ4v) is 2.44. The van der Waals surface area contributed by atoms with Gasteiger partial charge in [0.25, 0.3) is 0 Å². The number of aliphatic carboxylic acids is 1. The minimum Gasteiger partial charge on any atom is -0.478 e. The summed E-state index contributed by atoms with van der Waals surface area (Å²) < 4.78 is 0. The number of carbonyl (C=O) groups excluding carboxylic acids is 1. The first-order valence-electron chi connectivity index (χ1n) is 5.51. The van der Waals surface area contributed by atoms with Crippen molar-refractivity contribution in [3.05, 3.63) is 23.3 Å². The summed E-state index contributed by atoms with van der Waals surface area (Å²) in [4.78, 5) is 24.9. The van der Waals surface area contributed by atoms with Gasteiger partial charge in [-0.05, 0) is 50.6 Å². The summed E-state index contributed by atoms with van der Waals surface area (Å²) in [5, 5.41) is 9.02. The number of hydrogen-bond donors (Lipinski definition) is 1. The van der Waals surface area contributed by atoms with Crippen molar-refractivity contribution >= 4 is 11.8 Å². The standard InChI is InChI=1S/C12H15NO3/c1-8-9(12(15)16)4-5-10(14)11(8)13-6-2-3-7-13/h4-5,11H,2-3,6-7H2,1H3,(H,15,16). The van der Waals surface area contributed by atoms with Crippen LogP contribution < -0.4 is 0 Å². The van der Waals surface area contributed by atoms with Crippen LogP contribution in [0.4, 0.5) is 0 Å². The van der Waals surface area contributed by atoms with Crippen molar-refractivity contribution in [1.82, 2.24) is 4.90 Å². The molecule has 0 radical (unpaired) electrons. The van der Waals surface area contributed by atoms with Crippen LogP contribution in [0.5, 0.6) is 0 Å². The largest absolute Gasteiger partial charge is 0.478 e. The number of carbonyl (C=O) groups is 2. The minimum atomic E-state index is -0.953. The lowest BCUT2D eigenvalue weighted by Gasteiger charge is -2.28. The zero-order chi connectivity index (χ0) is 11.7. The molecule has 1 heterocycles. The summed E-state index contributed by atoms with van der Waals surface area (Å²) in [6.45, 7) is 3.51. The smallest absolute Gasteiger partial charge is 0.335 e. The lowest BCUT2D eigenvalue weighted by molar-refractivity contribution is -0.132. The van der Waals surface area contributed by atoms with Crippen LogP contribution in [-0.4, -0.2) is 40.9 Å². The van der Waals surface area contributed by atoms with Crippen molar-refractivity contribution < 1.29 is 14.7 Å². The maximum Gasteiger partial charge on any atom is 0.335 e. The molecule has 86 valence electrons. The molecule has 2 rings (SSSR count). The quantitative estimate of drug-likeness (QED) is 0.755. The summed E-state index contributed by atoms with van der Waals surface area (Å²) in [5.41, 5.74) is 0.929. The highest BCUT2D eigenvalue weighted by Gasteiger charge is 2.32. The Bertz CT molecular complexity index is 389. The molecular weight excluding hydrogens is 206 g/mol. The van der Waals surface area contributed by atoms with Gasteiger partial charge in [0.15, 0.2) is 5.78 Å². The molecule has 0 amide bonds. The molecule has 0 aromatic carbocycles. The molecule has 0 spiro atoms. The Morgan fingerprint density at radius 1 is 1.38 bits per heavy atom. The second kappa shape index (κ2) is 4.22. The van der Waals surface area contributed by atoms with Crippen LogP contribution in [0.1, 0.15) is 19.8 Å². The van der Waals surface area contributed by atoms with Gasteiger partial charge in [-0.1, -0.05) is 0 Å². The lowest BCUT2D eigenvalue weighted by atomic mass is 9.92. The number of nitrogens with zero attached hydrogens (tertiary/aromatic N) is 1. The summed E-state index contributed by atoms with van der Waals surface area (Å²) in [6, 6.07) is -0.349. The average molecular weight is 221 g/mol. The van der Waals surface area contributed by atoms with Crippen LogP contribution in [0.3, 0.4) is 0 Å². The third-order valence-corrected chi connectivity index (χ3v) is 3.25. The summed E-state index contributed by atoms with van der Waals surface area (Å²) >= 11 is 0. The molecule has 1 atom stereocenters. The van der Waals surface area contributed by atoms with Gasteiger partial charge in [0.05, 0.1) is 11.6 Å². The molecule has 1 aliphatic heterocycles. The molecule has 0 aromatic heterocycles. The Balaban J connectivity index is 2.32. The predicted molar refractivity (Wildman–Crippen MR) is 59.1 cm³/mol. The molecule has 0 aromatic rings. The lowest BCUT2D eigenvalue weighted by Crippen LogP contribution is -2.41. The van der Waals surface area contributed by atoms with E-state index in [-0.39, 0.29) is 17.4 Å². The van der Waals surface area contributed by atoms with Gasteiger partial charge in [0, 0.05) is 0 Å². The fourth-order valence-electron chi connectivity index (χ4n) is 2.44. The topological polar surface area (TPSA) is 57.6 Å². The van der Waals surface area contributed by atoms with E-state index in [0.717, 1.165) is 25.9 Å². The van der Waals surface area contributed by atoms with E-state index in [1.54, 1.807) is 6.92 Å². The molecule has 4 heteroatoms. The molecule has 0 bridgehead atoms. The summed E-state index contributed by atoms with van der Waals surface area (Å²) in [5.74, 6) is -0.949. The number of ketones is 1. The monoisotopic (exact) mass is 221 g/mol. The van der Waals surface area contributed by atoms with Gasteiger partial charge >= 0.3 is 5.97 Å². The Kier molecular flexibility index (Phi) is 2.92. The molecule has 1 N–H and O–H groups in total. The highest BCUT2D eigenvalue weighted by molar-refractivity contribution is 6.04. The average Bonchev–Trinajstić information content (AvgIpc) is 2.70. The van der Waals surface area contributed by atoms with Gasteiger partial charge in [-0.3, -0.25) is 9.69 Å². The normalized spacial score (nSPS) is 26.6. The van der Waals surface area contributed by atoms with Crippen LogP contribution in [0.15, 0.2) is 23.3 Å². The molecule has 1 saturated heterocycles. The first kappa shape index (κ1) is 11.1. The number of carboxylic acids is 1. The molecule has 2 aliphatic rings. The maximum absolute atomic E-state index is 11.8. The van der Waals surface area contributed by atoms with Crippen LogP contribution >= 0.6 is 0 Å². The van der Waals surface area contributed by atoms with Gasteiger partial charge in [0.1, 0.15) is 0 Å². The number of rotatable bonds is 2. The Morgan fingerprint density at radius 3 is 2.56 bits per heavy atom. The molecule has 1 fully saturated rings. The second-order valence-corrected chi connectivity index (χ2v) is 4.28. The minimum absolute atomic E-state index is 0.00407. The van der Waals surface area contributed by atoms with E-state index in [9.17, 15) is 9.59 Å². The van der Waals surface area contributed by atoms with Gasteiger partial charge in [-0.25, -0.2) is 4.79 Å². The maximum atomic E-state index is 11.8. The molecule has 1 aliphatic carbocycles. The van der Waals surface area contributed by atoms with Crippen molar-refractivity contribution in [3.8, 4) is 0 Å². The van der Waals surface area contributed by atoms with Crippen molar-refractivity contribution in [3.63, 3.8) is 0 Å². The van der Waals surface area contributed by atoms with E-state index in [4.69, 9.17) is 5.11 Å². The summed E-state index contributed by atoms with van der Waals surface area (Å²) in [7, 11) is 0. The van der Waals surface area contributed by atoms with Gasteiger partial charge in [0.2, 0.25) is 0 Å². The first-order valence-corrected chi connectivity index (χ1v) is 5.51. The molecule has 16 heavy (non-hydrogen) atoms. The third kappa shape index (κ3) is 1.80. The van der Waals surface area contributed by atoms with E-state index in [2.05, 4.69) is 4.90 Å². The number of hydrogen-bond acceptors (Lipinski definition) is 3. The molecule has 1 unspecified atom stereocenters. The van der Waals surface area contributed by atoms with E-state index < -0.39 is 5.97 Å². The van der Waals surface area contributed by atoms with Crippen LogP contribution in [-0.2, 0) is 9.59 Å². The third-order valence-electron chi connectivity index (χ3n) is 3.25. The summed E-state index contributed by atoms with van der Waals surface area (Å²) in [6.07, 6.45) is 4.97. The zero-order valence-corrected chi connectivity index (χ0v) is 9.27. The van der Waals surface area contributed by atoms with E-state index >= 15 is 0 Å². The van der Waals surface area contributed by atoms with Crippen molar-refractivity contribution in [2.45, 2.75) is 25.8 Å². The van der Waals surface area contributed by atoms with E-state index in [1.165, 1.54) is 12.2 Å². The van der Waals surface area contributed by atoms with Crippen LogP contribution in [0.25, 0.3) is 0 Å². The van der Waals surface area contributed by atoms with Crippen LogP contribution in [0, 0.1) is 0 Å². The van der Waals surface area contributed by atoms with E-state index in [0.29, 0.717) is 5.57 Å². The van der Waals surface area contributed by atoms with Gasteiger partial charge < -0.3 is 5.11 Å². The van der Waals surface area contributed by atoms with Gasteiger partial charge in [-0.15, -0.1) is 0 Å². The Hall–Kier alpha value is -1.42. The zero-order valence-electron chi connectivity index (χ0n) is 9.27. The first-order chi connectivity index (χ1) is 7.61.